The van der Waals surface area contributed by atoms with Gasteiger partial charge in [-0.1, -0.05) is 147 Å². The molecule has 0 aromatic heterocycles. The third-order valence-corrected chi connectivity index (χ3v) is 17.1. The topological polar surface area (TPSA) is 124 Å². The molecule has 0 atom stereocenters. The van der Waals surface area contributed by atoms with E-state index in [1.54, 1.807) is 26.0 Å². The van der Waals surface area contributed by atoms with Crippen LogP contribution in [0.3, 0.4) is 0 Å². The van der Waals surface area contributed by atoms with E-state index in [1.807, 2.05) is 189 Å². The number of hydrogen-bond donors (Lipinski definition) is 0. The van der Waals surface area contributed by atoms with Crippen molar-refractivity contribution in [2.24, 2.45) is 0 Å². The number of hydrogen-bond acceptors (Lipinski definition) is 10. The lowest BCUT2D eigenvalue weighted by molar-refractivity contribution is 0.0461. The summed E-state index contributed by atoms with van der Waals surface area (Å²) in [6.45, 7) is 27.8. The smallest absolute Gasteiger partial charge is 0.344 e. The first kappa shape index (κ1) is 61.8. The fourth-order valence-electron chi connectivity index (χ4n) is 9.64. The van der Waals surface area contributed by atoms with Gasteiger partial charge in [0.05, 0.1) is 29.4 Å². The van der Waals surface area contributed by atoms with Gasteiger partial charge in [-0.2, -0.15) is 0 Å². The van der Waals surface area contributed by atoms with Crippen molar-refractivity contribution in [3.05, 3.63) is 265 Å². The van der Waals surface area contributed by atoms with Crippen LogP contribution in [0.25, 0.3) is 12.2 Å². The molecular formula is C70H66I2O10. The van der Waals surface area contributed by atoms with Crippen LogP contribution in [0, 0.1) is 76.4 Å². The number of ether oxygens (including phenoxy) is 6. The van der Waals surface area contributed by atoms with Crippen LogP contribution in [0.4, 0.5) is 0 Å². The highest BCUT2D eigenvalue weighted by molar-refractivity contribution is 14.1. The fraction of sp³-hybridized carbons (Fsp3) is 0.200. The molecule has 0 bridgehead atoms. The summed E-state index contributed by atoms with van der Waals surface area (Å²) in [5, 5.41) is 0. The fourth-order valence-corrected chi connectivity index (χ4v) is 11.5. The van der Waals surface area contributed by atoms with E-state index >= 15 is 0 Å². The van der Waals surface area contributed by atoms with Gasteiger partial charge in [0.1, 0.15) is 43.7 Å². The van der Waals surface area contributed by atoms with Gasteiger partial charge in [0.15, 0.2) is 5.75 Å². The quantitative estimate of drug-likeness (QED) is 0.0466. The van der Waals surface area contributed by atoms with Crippen LogP contribution in [0.2, 0.25) is 0 Å². The van der Waals surface area contributed by atoms with E-state index in [1.165, 1.54) is 0 Å². The molecule has 420 valence electrons. The summed E-state index contributed by atoms with van der Waals surface area (Å²) < 4.78 is 37.0. The second kappa shape index (κ2) is 28.2. The van der Waals surface area contributed by atoms with Gasteiger partial charge >= 0.3 is 23.9 Å². The standard InChI is InChI=1S/C37H36O5.C33H30I2O5/c1-8-30-26(6)34(36(38)41-22-29-18-14-11-15-19-29)27(7)31(9-2)35(30)42-37(39)33-23(3)20-32(24(4)25(33)5)40-21-28-16-12-10-13-17-28;1-19-16-26(38-17-24-12-8-6-9-13-24)20(2)21(3)27(19)33(37)40-31-29(34)22(4)28(23(5)30(31)35)32(36)39-18-25-14-10-7-11-15-25/h8-20H,1-2,21-22H2,3-7H3;6-16H,17-18H2,1-5H3. The van der Waals surface area contributed by atoms with E-state index in [0.29, 0.717) is 93.2 Å². The first-order valence-electron chi connectivity index (χ1n) is 26.6. The zero-order chi connectivity index (χ0) is 59.4. The Balaban J connectivity index is 0.000000236. The molecule has 10 nitrogen and oxygen atoms in total. The van der Waals surface area contributed by atoms with Crippen molar-refractivity contribution >= 4 is 81.2 Å². The summed E-state index contributed by atoms with van der Waals surface area (Å²) in [6, 6.07) is 42.7. The zero-order valence-electron chi connectivity index (χ0n) is 47.9. The van der Waals surface area contributed by atoms with Gasteiger partial charge in [0.2, 0.25) is 0 Å². The van der Waals surface area contributed by atoms with E-state index < -0.39 is 23.9 Å². The van der Waals surface area contributed by atoms with Gasteiger partial charge in [-0.15, -0.1) is 0 Å². The minimum absolute atomic E-state index is 0.144. The van der Waals surface area contributed by atoms with E-state index in [-0.39, 0.29) is 13.2 Å². The van der Waals surface area contributed by atoms with Crippen molar-refractivity contribution < 1.29 is 47.6 Å². The Kier molecular flexibility index (Phi) is 21.3. The van der Waals surface area contributed by atoms with E-state index in [2.05, 4.69) is 58.3 Å². The SMILES string of the molecule is C=Cc1c(C)c(C(=O)OCc2ccccc2)c(C)c(C=C)c1OC(=O)c1c(C)cc(OCc2ccccc2)c(C)c1C.Cc1cc(OCc2ccccc2)c(C)c(C)c1C(=O)Oc1c(I)c(C)c(C(=O)OCc2ccccc2)c(C)c1I. The molecule has 8 aromatic carbocycles. The maximum Gasteiger partial charge on any atom is 0.344 e. The van der Waals surface area contributed by atoms with Gasteiger partial charge in [-0.05, 0) is 204 Å². The van der Waals surface area contributed by atoms with Gasteiger partial charge in [0, 0.05) is 11.1 Å². The second-order valence-corrected chi connectivity index (χ2v) is 22.0. The molecule has 0 saturated heterocycles. The zero-order valence-corrected chi connectivity index (χ0v) is 52.3. The number of carbonyl (C=O) groups excluding carboxylic acids is 4. The predicted octanol–water partition coefficient (Wildman–Crippen LogP) is 17.3. The lowest BCUT2D eigenvalue weighted by Gasteiger charge is -2.21. The normalized spacial score (nSPS) is 10.7. The molecule has 0 heterocycles. The molecule has 0 amide bonds. The van der Waals surface area contributed by atoms with E-state index in [9.17, 15) is 19.2 Å². The van der Waals surface area contributed by atoms with Crippen LogP contribution in [-0.4, -0.2) is 23.9 Å². The number of carbonyl (C=O) groups is 4. The highest BCUT2D eigenvalue weighted by Gasteiger charge is 2.29. The van der Waals surface area contributed by atoms with Crippen molar-refractivity contribution in [2.45, 2.75) is 95.7 Å². The Morgan fingerprint density at radius 1 is 0.378 bits per heavy atom. The summed E-state index contributed by atoms with van der Waals surface area (Å²) >= 11 is 4.27. The third kappa shape index (κ3) is 14.3. The van der Waals surface area contributed by atoms with Gasteiger partial charge < -0.3 is 28.4 Å². The number of benzene rings is 8. The summed E-state index contributed by atoms with van der Waals surface area (Å²) in [6.07, 6.45) is 3.17. The first-order valence-corrected chi connectivity index (χ1v) is 28.7. The molecule has 0 unspecified atom stereocenters. The van der Waals surface area contributed by atoms with Crippen molar-refractivity contribution in [1.82, 2.24) is 0 Å². The lowest BCUT2D eigenvalue weighted by atomic mass is 9.91. The van der Waals surface area contributed by atoms with Crippen LogP contribution in [0.15, 0.2) is 147 Å². The minimum Gasteiger partial charge on any atom is -0.489 e. The summed E-state index contributed by atoms with van der Waals surface area (Å²) in [5.41, 5.74) is 14.4. The highest BCUT2D eigenvalue weighted by atomic mass is 127. The molecule has 0 spiro atoms. The Morgan fingerprint density at radius 2 is 0.683 bits per heavy atom. The molecule has 0 N–H and O–H groups in total. The Labute approximate surface area is 508 Å². The molecule has 0 fully saturated rings. The lowest BCUT2D eigenvalue weighted by Crippen LogP contribution is -2.17. The van der Waals surface area contributed by atoms with Crippen LogP contribution in [0.1, 0.15) is 130 Å². The van der Waals surface area contributed by atoms with Gasteiger partial charge in [-0.25, -0.2) is 19.2 Å². The van der Waals surface area contributed by atoms with E-state index in [0.717, 1.165) is 61.4 Å². The van der Waals surface area contributed by atoms with Crippen molar-refractivity contribution in [2.75, 3.05) is 0 Å². The monoisotopic (exact) mass is 1320 g/mol. The summed E-state index contributed by atoms with van der Waals surface area (Å²) in [7, 11) is 0. The van der Waals surface area contributed by atoms with Crippen molar-refractivity contribution in [3.63, 3.8) is 0 Å². The van der Waals surface area contributed by atoms with Gasteiger partial charge in [0.25, 0.3) is 0 Å². The molecule has 8 aromatic rings. The molecule has 8 rings (SSSR count). The summed E-state index contributed by atoms with van der Waals surface area (Å²) in [5.74, 6) is 0.391. The van der Waals surface area contributed by atoms with Crippen LogP contribution in [-0.2, 0) is 35.9 Å². The Hall–Kier alpha value is -7.82. The van der Waals surface area contributed by atoms with Gasteiger partial charge in [-0.3, -0.25) is 0 Å². The third-order valence-electron chi connectivity index (χ3n) is 14.5. The largest absolute Gasteiger partial charge is 0.489 e. The predicted molar refractivity (Wildman–Crippen MR) is 341 cm³/mol. The number of aryl methyl sites for hydroxylation is 2. The molecule has 0 saturated carbocycles. The van der Waals surface area contributed by atoms with Crippen LogP contribution < -0.4 is 18.9 Å². The molecule has 82 heavy (non-hydrogen) atoms. The molecule has 0 aliphatic heterocycles. The summed E-state index contributed by atoms with van der Waals surface area (Å²) in [4.78, 5) is 53.6. The van der Waals surface area contributed by atoms with Crippen molar-refractivity contribution in [1.29, 1.82) is 0 Å². The van der Waals surface area contributed by atoms with E-state index in [4.69, 9.17) is 28.4 Å². The maximum atomic E-state index is 13.7. The molecule has 0 aliphatic rings. The average Bonchev–Trinajstić information content (AvgIpc) is 3.67. The average molecular weight is 1320 g/mol. The Morgan fingerprint density at radius 3 is 1.01 bits per heavy atom. The molecule has 12 heteroatoms. The van der Waals surface area contributed by atoms with Crippen molar-refractivity contribution in [3.8, 4) is 23.0 Å². The molecular weight excluding hydrogens is 1250 g/mol. The molecule has 0 aliphatic carbocycles. The number of esters is 4. The maximum absolute atomic E-state index is 13.7. The number of halogens is 2. The minimum atomic E-state index is -0.507. The van der Waals surface area contributed by atoms with Crippen LogP contribution >= 0.6 is 45.2 Å². The highest BCUT2D eigenvalue weighted by Crippen LogP contribution is 2.40. The van der Waals surface area contributed by atoms with Crippen LogP contribution in [0.5, 0.6) is 23.0 Å². The number of rotatable bonds is 18. The first-order chi connectivity index (χ1) is 39.3. The second-order valence-electron chi connectivity index (χ2n) is 19.9. The Bertz CT molecular complexity index is 3640. The molecule has 0 radical (unpaired) electrons.